The molecule has 0 aliphatic carbocycles. The van der Waals surface area contributed by atoms with E-state index in [0.29, 0.717) is 10.7 Å². The number of anilines is 1. The fourth-order valence-electron chi connectivity index (χ4n) is 3.60. The average molecular weight is 414 g/mol. The fraction of sp³-hybridized carbons (Fsp3) is 0.381. The lowest BCUT2D eigenvalue weighted by Crippen LogP contribution is -2.51. The molecule has 4 atom stereocenters. The molecule has 2 aromatic rings. The first-order valence-electron chi connectivity index (χ1n) is 9.13. The Balaban J connectivity index is 2.06. The van der Waals surface area contributed by atoms with Gasteiger partial charge in [0.25, 0.3) is 0 Å². The minimum absolute atomic E-state index is 0.331. The van der Waals surface area contributed by atoms with E-state index in [1.807, 2.05) is 55.6 Å². The summed E-state index contributed by atoms with van der Waals surface area (Å²) in [7, 11) is 0. The third kappa shape index (κ3) is 4.00. The van der Waals surface area contributed by atoms with Crippen LogP contribution in [0.15, 0.2) is 46.8 Å². The van der Waals surface area contributed by atoms with Gasteiger partial charge in [0.15, 0.2) is 5.72 Å². The molecule has 3 rings (SSSR count). The number of amides is 1. The molecule has 28 heavy (non-hydrogen) atoms. The molecule has 1 amide bonds. The molecule has 2 heterocycles. The van der Waals surface area contributed by atoms with Crippen LogP contribution in [-0.4, -0.2) is 27.5 Å². The quantitative estimate of drug-likeness (QED) is 0.777. The zero-order valence-electron chi connectivity index (χ0n) is 16.0. The second-order valence-corrected chi connectivity index (χ2v) is 9.17. The highest BCUT2D eigenvalue weighted by molar-refractivity contribution is 8.14. The van der Waals surface area contributed by atoms with Gasteiger partial charge >= 0.3 is 0 Å². The molecule has 0 spiro atoms. The molecule has 1 aromatic carbocycles. The first-order chi connectivity index (χ1) is 13.4. The lowest BCUT2D eigenvalue weighted by molar-refractivity contribution is -0.130. The molecule has 1 unspecified atom stereocenters. The third-order valence-corrected chi connectivity index (χ3v) is 6.80. The van der Waals surface area contributed by atoms with Gasteiger partial charge in [-0.15, -0.1) is 23.1 Å². The fourth-order valence-corrected chi connectivity index (χ4v) is 5.42. The van der Waals surface area contributed by atoms with Crippen LogP contribution in [0.3, 0.4) is 0 Å². The maximum atomic E-state index is 13.3. The number of aliphatic imine (C=N–C) groups is 1. The Labute approximate surface area is 173 Å². The predicted molar refractivity (Wildman–Crippen MR) is 116 cm³/mol. The number of nitrogens with zero attached hydrogens (tertiary/aromatic N) is 2. The zero-order valence-corrected chi connectivity index (χ0v) is 17.7. The number of thiophene rings is 1. The molecule has 1 aliphatic rings. The lowest BCUT2D eigenvalue weighted by Gasteiger charge is -2.41. The number of hydrogen-bond donors (Lipinski definition) is 2. The third-order valence-electron chi connectivity index (χ3n) is 4.90. The second-order valence-electron chi connectivity index (χ2n) is 6.91. The maximum Gasteiger partial charge on any atom is 0.233 e. The maximum absolute atomic E-state index is 13.3. The molecular weight excluding hydrogens is 390 g/mol. The van der Waals surface area contributed by atoms with Crippen molar-refractivity contribution in [3.05, 3.63) is 52.2 Å². The largest absolute Gasteiger partial charge is 0.369 e. The Hall–Kier alpha value is -2.14. The van der Waals surface area contributed by atoms with Crippen molar-refractivity contribution in [3.63, 3.8) is 0 Å². The lowest BCUT2D eigenvalue weighted by atomic mass is 9.73. The van der Waals surface area contributed by atoms with Crippen LogP contribution in [0, 0.1) is 30.1 Å². The minimum Gasteiger partial charge on any atom is -0.369 e. The zero-order chi connectivity index (χ0) is 20.3. The molecule has 0 radical (unpaired) electrons. The van der Waals surface area contributed by atoms with Gasteiger partial charge < -0.3 is 10.4 Å². The van der Waals surface area contributed by atoms with Gasteiger partial charge in [-0.25, -0.2) is 4.99 Å². The summed E-state index contributed by atoms with van der Waals surface area (Å²) in [5, 5.41) is 26.5. The van der Waals surface area contributed by atoms with Crippen LogP contribution >= 0.6 is 23.1 Å². The number of aryl methyl sites for hydroxylation is 1. The van der Waals surface area contributed by atoms with Gasteiger partial charge in [0.05, 0.1) is 17.0 Å². The number of nitrogens with one attached hydrogen (secondary N) is 1. The van der Waals surface area contributed by atoms with Crippen molar-refractivity contribution in [2.45, 2.75) is 32.4 Å². The molecule has 7 heteroatoms. The van der Waals surface area contributed by atoms with Crippen molar-refractivity contribution in [2.24, 2.45) is 16.8 Å². The molecule has 0 bridgehead atoms. The predicted octanol–water partition coefficient (Wildman–Crippen LogP) is 4.41. The van der Waals surface area contributed by atoms with Crippen molar-refractivity contribution in [3.8, 4) is 6.07 Å². The Morgan fingerprint density at radius 1 is 1.39 bits per heavy atom. The topological polar surface area (TPSA) is 85.5 Å². The van der Waals surface area contributed by atoms with E-state index < -0.39 is 23.5 Å². The summed E-state index contributed by atoms with van der Waals surface area (Å²) in [4.78, 5) is 18.7. The number of rotatable bonds is 4. The molecule has 5 nitrogen and oxygen atoms in total. The Kier molecular flexibility index (Phi) is 6.23. The van der Waals surface area contributed by atoms with Crippen LogP contribution in [0.25, 0.3) is 0 Å². The molecule has 1 aromatic heterocycles. The second kappa shape index (κ2) is 8.48. The van der Waals surface area contributed by atoms with E-state index in [9.17, 15) is 15.2 Å². The molecule has 1 aliphatic heterocycles. The summed E-state index contributed by atoms with van der Waals surface area (Å²) in [6.07, 6.45) is 0. The standard InChI is InChI=1S/C21H23N3O2S2/c1-4-27-20-14(12-22)17(16-10-7-11-28-16)18(21(3,26)24-20)19(25)23-15-9-6-5-8-13(15)2/h5-11,14,17-18,26H,4H2,1-3H3,(H,23,25)/t14?,17-,18-,21-/m1/s1. The normalized spacial score (nSPS) is 27.0. The first-order valence-corrected chi connectivity index (χ1v) is 11.0. The highest BCUT2D eigenvalue weighted by Gasteiger charge is 2.52. The molecule has 2 N–H and O–H groups in total. The smallest absolute Gasteiger partial charge is 0.233 e. The molecule has 0 fully saturated rings. The van der Waals surface area contributed by atoms with Crippen molar-refractivity contribution in [1.82, 2.24) is 0 Å². The molecular formula is C21H23N3O2S2. The van der Waals surface area contributed by atoms with E-state index in [2.05, 4.69) is 16.4 Å². The van der Waals surface area contributed by atoms with Crippen LogP contribution in [0.4, 0.5) is 5.69 Å². The van der Waals surface area contributed by atoms with E-state index in [1.165, 1.54) is 23.1 Å². The van der Waals surface area contributed by atoms with Crippen molar-refractivity contribution in [2.75, 3.05) is 11.1 Å². The van der Waals surface area contributed by atoms with Crippen molar-refractivity contribution >= 4 is 39.7 Å². The number of carbonyl (C=O) groups is 1. The summed E-state index contributed by atoms with van der Waals surface area (Å²) < 4.78 is 0. The van der Waals surface area contributed by atoms with Gasteiger partial charge in [-0.2, -0.15) is 5.26 Å². The van der Waals surface area contributed by atoms with Crippen LogP contribution in [0.1, 0.15) is 30.2 Å². The molecule has 0 saturated heterocycles. The SMILES string of the molecule is CCSC1=N[C@](C)(O)[C@@H](C(=O)Nc2ccccc2C)[C@@H](c2cccs2)C1C#N. The highest BCUT2D eigenvalue weighted by atomic mass is 32.2. The Bertz CT molecular complexity index is 916. The number of thioether (sulfide) groups is 1. The van der Waals surface area contributed by atoms with Crippen LogP contribution < -0.4 is 5.32 Å². The number of hydrogen-bond acceptors (Lipinski definition) is 6. The van der Waals surface area contributed by atoms with E-state index in [-0.39, 0.29) is 5.91 Å². The van der Waals surface area contributed by atoms with E-state index in [4.69, 9.17) is 0 Å². The van der Waals surface area contributed by atoms with Crippen LogP contribution in [-0.2, 0) is 4.79 Å². The monoisotopic (exact) mass is 413 g/mol. The summed E-state index contributed by atoms with van der Waals surface area (Å²) >= 11 is 2.94. The van der Waals surface area contributed by atoms with Crippen LogP contribution in [0.5, 0.6) is 0 Å². The highest BCUT2D eigenvalue weighted by Crippen LogP contribution is 2.47. The molecule has 146 valence electrons. The number of para-hydroxylation sites is 1. The van der Waals surface area contributed by atoms with Gasteiger partial charge in [-0.3, -0.25) is 4.79 Å². The van der Waals surface area contributed by atoms with Gasteiger partial charge in [-0.1, -0.05) is 31.2 Å². The van der Waals surface area contributed by atoms with E-state index in [0.717, 1.165) is 16.2 Å². The van der Waals surface area contributed by atoms with E-state index >= 15 is 0 Å². The minimum atomic E-state index is -1.60. The van der Waals surface area contributed by atoms with Gasteiger partial charge in [-0.05, 0) is 42.7 Å². The Morgan fingerprint density at radius 3 is 2.75 bits per heavy atom. The summed E-state index contributed by atoms with van der Waals surface area (Å²) in [6, 6.07) is 13.7. The van der Waals surface area contributed by atoms with Crippen molar-refractivity contribution < 1.29 is 9.90 Å². The number of benzene rings is 1. The number of nitriles is 1. The summed E-state index contributed by atoms with van der Waals surface area (Å²) in [6.45, 7) is 5.45. The van der Waals surface area contributed by atoms with E-state index in [1.54, 1.807) is 6.92 Å². The first kappa shape index (κ1) is 20.6. The Morgan fingerprint density at radius 2 is 2.14 bits per heavy atom. The van der Waals surface area contributed by atoms with Crippen LogP contribution in [0.2, 0.25) is 0 Å². The van der Waals surface area contributed by atoms with Gasteiger partial charge in [0.1, 0.15) is 5.92 Å². The molecule has 0 saturated carbocycles. The van der Waals surface area contributed by atoms with Gasteiger partial charge in [0.2, 0.25) is 5.91 Å². The number of carbonyl (C=O) groups excluding carboxylic acids is 1. The summed E-state index contributed by atoms with van der Waals surface area (Å²) in [5.41, 5.74) is 0.0210. The van der Waals surface area contributed by atoms with Gasteiger partial charge in [0, 0.05) is 16.5 Å². The average Bonchev–Trinajstić information content (AvgIpc) is 3.17. The van der Waals surface area contributed by atoms with Crippen molar-refractivity contribution in [1.29, 1.82) is 5.26 Å². The number of aliphatic hydroxyl groups is 1. The summed E-state index contributed by atoms with van der Waals surface area (Å²) in [5.74, 6) is -1.50.